The van der Waals surface area contributed by atoms with Gasteiger partial charge in [-0.15, -0.1) is 10.2 Å². The highest BCUT2D eigenvalue weighted by molar-refractivity contribution is 8.00. The number of carbonyl (C=O) groups is 1. The second-order valence-corrected chi connectivity index (χ2v) is 6.99. The van der Waals surface area contributed by atoms with E-state index >= 15 is 0 Å². The lowest BCUT2D eigenvalue weighted by Gasteiger charge is -2.13. The van der Waals surface area contributed by atoms with Gasteiger partial charge >= 0.3 is 0 Å². The molecular formula is C19H20N4O2S. The fraction of sp³-hybridized carbons (Fsp3) is 0.211. The molecular weight excluding hydrogens is 348 g/mol. The Morgan fingerprint density at radius 2 is 1.81 bits per heavy atom. The van der Waals surface area contributed by atoms with E-state index in [0.717, 1.165) is 11.4 Å². The predicted molar refractivity (Wildman–Crippen MR) is 103 cm³/mol. The molecule has 3 rings (SSSR count). The molecule has 0 aliphatic heterocycles. The maximum absolute atomic E-state index is 12.5. The van der Waals surface area contributed by atoms with Crippen LogP contribution in [0.25, 0.3) is 11.4 Å². The van der Waals surface area contributed by atoms with E-state index in [2.05, 4.69) is 15.5 Å². The van der Waals surface area contributed by atoms with Crippen molar-refractivity contribution in [1.82, 2.24) is 14.8 Å². The third kappa shape index (κ3) is 3.88. The summed E-state index contributed by atoms with van der Waals surface area (Å²) in [6, 6.07) is 17.2. The molecule has 1 aromatic heterocycles. The van der Waals surface area contributed by atoms with Gasteiger partial charge in [-0.1, -0.05) is 54.2 Å². The normalized spacial score (nSPS) is 11.8. The van der Waals surface area contributed by atoms with Crippen molar-refractivity contribution in [2.75, 3.05) is 12.4 Å². The van der Waals surface area contributed by atoms with Crippen LogP contribution >= 0.6 is 11.8 Å². The van der Waals surface area contributed by atoms with Crippen LogP contribution in [-0.2, 0) is 11.8 Å². The number of ether oxygens (including phenoxy) is 1. The number of methoxy groups -OCH3 is 1. The highest BCUT2D eigenvalue weighted by atomic mass is 32.2. The fourth-order valence-electron chi connectivity index (χ4n) is 2.45. The minimum absolute atomic E-state index is 0.122. The Kier molecular flexibility index (Phi) is 5.58. The summed E-state index contributed by atoms with van der Waals surface area (Å²) < 4.78 is 7.16. The first-order valence-corrected chi connectivity index (χ1v) is 9.03. The number of nitrogens with zero attached hydrogens (tertiary/aromatic N) is 3. The molecule has 1 N–H and O–H groups in total. The number of nitrogens with one attached hydrogen (secondary N) is 1. The SMILES string of the molecule is COc1ccccc1NC(=O)[C@H](C)Sc1nnc(-c2ccccc2)n1C. The number of hydrogen-bond acceptors (Lipinski definition) is 5. The Labute approximate surface area is 156 Å². The number of hydrogen-bond donors (Lipinski definition) is 1. The zero-order valence-electron chi connectivity index (χ0n) is 14.8. The molecule has 0 fully saturated rings. The van der Waals surface area contributed by atoms with E-state index in [4.69, 9.17) is 4.74 Å². The van der Waals surface area contributed by atoms with Crippen molar-refractivity contribution in [3.05, 3.63) is 54.6 Å². The molecule has 0 bridgehead atoms. The van der Waals surface area contributed by atoms with Gasteiger partial charge in [-0.3, -0.25) is 4.79 Å². The first kappa shape index (κ1) is 18.0. The molecule has 0 radical (unpaired) electrons. The van der Waals surface area contributed by atoms with Gasteiger partial charge in [-0.2, -0.15) is 0 Å². The smallest absolute Gasteiger partial charge is 0.237 e. The van der Waals surface area contributed by atoms with E-state index < -0.39 is 0 Å². The van der Waals surface area contributed by atoms with Gasteiger partial charge < -0.3 is 14.6 Å². The number of thioether (sulfide) groups is 1. The Balaban J connectivity index is 1.71. The topological polar surface area (TPSA) is 69.0 Å². The lowest BCUT2D eigenvalue weighted by molar-refractivity contribution is -0.115. The summed E-state index contributed by atoms with van der Waals surface area (Å²) in [6.45, 7) is 1.84. The first-order chi connectivity index (χ1) is 12.6. The Morgan fingerprint density at radius 1 is 1.12 bits per heavy atom. The van der Waals surface area contributed by atoms with Crippen LogP contribution in [-0.4, -0.2) is 33.0 Å². The molecule has 0 aliphatic carbocycles. The van der Waals surface area contributed by atoms with Crippen LogP contribution in [0, 0.1) is 0 Å². The zero-order valence-corrected chi connectivity index (χ0v) is 15.7. The van der Waals surface area contributed by atoms with Gasteiger partial charge in [0.25, 0.3) is 0 Å². The molecule has 0 saturated heterocycles. The van der Waals surface area contributed by atoms with Crippen molar-refractivity contribution in [3.63, 3.8) is 0 Å². The summed E-state index contributed by atoms with van der Waals surface area (Å²) in [4.78, 5) is 12.5. The summed E-state index contributed by atoms with van der Waals surface area (Å²) >= 11 is 1.36. The molecule has 2 aromatic carbocycles. The summed E-state index contributed by atoms with van der Waals surface area (Å²) in [5.41, 5.74) is 1.64. The minimum atomic E-state index is -0.341. The number of anilines is 1. The molecule has 0 saturated carbocycles. The summed E-state index contributed by atoms with van der Waals surface area (Å²) in [5.74, 6) is 1.28. The molecule has 0 spiro atoms. The predicted octanol–water partition coefficient (Wildman–Crippen LogP) is 3.61. The van der Waals surface area contributed by atoms with Crippen molar-refractivity contribution in [2.24, 2.45) is 7.05 Å². The number of benzene rings is 2. The standard InChI is InChI=1S/C19H20N4O2S/c1-13(18(24)20-15-11-7-8-12-16(15)25-3)26-19-22-21-17(23(19)2)14-9-5-4-6-10-14/h4-13H,1-3H3,(H,20,24)/t13-/m0/s1. The van der Waals surface area contributed by atoms with Gasteiger partial charge in [0.2, 0.25) is 5.91 Å². The molecule has 3 aromatic rings. The fourth-order valence-corrected chi connectivity index (χ4v) is 3.26. The summed E-state index contributed by atoms with van der Waals surface area (Å²) in [7, 11) is 3.48. The summed E-state index contributed by atoms with van der Waals surface area (Å²) in [6.07, 6.45) is 0. The molecule has 1 amide bonds. The quantitative estimate of drug-likeness (QED) is 0.673. The van der Waals surface area contributed by atoms with Gasteiger partial charge in [0.15, 0.2) is 11.0 Å². The average molecular weight is 368 g/mol. The van der Waals surface area contributed by atoms with Gasteiger partial charge in [-0.05, 0) is 19.1 Å². The molecule has 26 heavy (non-hydrogen) atoms. The molecule has 1 atom stereocenters. The molecule has 1 heterocycles. The number of aromatic nitrogens is 3. The largest absolute Gasteiger partial charge is 0.495 e. The van der Waals surface area contributed by atoms with Crippen molar-refractivity contribution in [1.29, 1.82) is 0 Å². The van der Waals surface area contributed by atoms with E-state index in [1.807, 2.05) is 73.1 Å². The third-order valence-electron chi connectivity index (χ3n) is 3.88. The van der Waals surface area contributed by atoms with Gasteiger partial charge in [0, 0.05) is 12.6 Å². The lowest BCUT2D eigenvalue weighted by Crippen LogP contribution is -2.23. The maximum Gasteiger partial charge on any atom is 0.237 e. The number of amides is 1. The first-order valence-electron chi connectivity index (χ1n) is 8.15. The Hall–Kier alpha value is -2.80. The van der Waals surface area contributed by atoms with E-state index in [-0.39, 0.29) is 11.2 Å². The van der Waals surface area contributed by atoms with Crippen molar-refractivity contribution in [2.45, 2.75) is 17.3 Å². The van der Waals surface area contributed by atoms with Crippen LogP contribution < -0.4 is 10.1 Å². The van der Waals surface area contributed by atoms with Crippen LogP contribution in [0.2, 0.25) is 0 Å². The zero-order chi connectivity index (χ0) is 18.5. The average Bonchev–Trinajstić information content (AvgIpc) is 3.03. The highest BCUT2D eigenvalue weighted by Crippen LogP contribution is 2.28. The molecule has 7 heteroatoms. The maximum atomic E-state index is 12.5. The van der Waals surface area contributed by atoms with E-state index in [1.165, 1.54) is 11.8 Å². The number of carbonyl (C=O) groups excluding carboxylic acids is 1. The van der Waals surface area contributed by atoms with Gasteiger partial charge in [0.05, 0.1) is 18.0 Å². The van der Waals surface area contributed by atoms with Crippen molar-refractivity contribution >= 4 is 23.4 Å². The lowest BCUT2D eigenvalue weighted by atomic mass is 10.2. The second kappa shape index (κ2) is 8.05. The molecule has 0 unspecified atom stereocenters. The Bertz CT molecular complexity index is 896. The van der Waals surface area contributed by atoms with E-state index in [9.17, 15) is 4.79 Å². The highest BCUT2D eigenvalue weighted by Gasteiger charge is 2.20. The summed E-state index contributed by atoms with van der Waals surface area (Å²) in [5, 5.41) is 11.7. The van der Waals surface area contributed by atoms with Crippen molar-refractivity contribution < 1.29 is 9.53 Å². The third-order valence-corrected chi connectivity index (χ3v) is 5.02. The van der Waals surface area contributed by atoms with Crippen LogP contribution in [0.1, 0.15) is 6.92 Å². The second-order valence-electron chi connectivity index (χ2n) is 5.68. The van der Waals surface area contributed by atoms with Gasteiger partial charge in [-0.25, -0.2) is 0 Å². The van der Waals surface area contributed by atoms with Crippen molar-refractivity contribution in [3.8, 4) is 17.1 Å². The van der Waals surface area contributed by atoms with Crippen LogP contribution in [0.4, 0.5) is 5.69 Å². The van der Waals surface area contributed by atoms with E-state index in [1.54, 1.807) is 7.11 Å². The monoisotopic (exact) mass is 368 g/mol. The van der Waals surface area contributed by atoms with Crippen LogP contribution in [0.3, 0.4) is 0 Å². The van der Waals surface area contributed by atoms with E-state index in [0.29, 0.717) is 16.6 Å². The molecule has 0 aliphatic rings. The van der Waals surface area contributed by atoms with Crippen LogP contribution in [0.5, 0.6) is 5.75 Å². The Morgan fingerprint density at radius 3 is 2.54 bits per heavy atom. The number of para-hydroxylation sites is 2. The molecule has 134 valence electrons. The van der Waals surface area contributed by atoms with Gasteiger partial charge in [0.1, 0.15) is 5.75 Å². The minimum Gasteiger partial charge on any atom is -0.495 e. The number of rotatable bonds is 6. The van der Waals surface area contributed by atoms with Crippen LogP contribution in [0.15, 0.2) is 59.8 Å². The molecule has 6 nitrogen and oxygen atoms in total.